The van der Waals surface area contributed by atoms with Crippen LogP contribution in [0.5, 0.6) is 0 Å². The summed E-state index contributed by atoms with van der Waals surface area (Å²) in [7, 11) is 1.80. The molecule has 0 amide bonds. The molecule has 1 spiro atoms. The van der Waals surface area contributed by atoms with Crippen molar-refractivity contribution in [2.45, 2.75) is 38.5 Å². The van der Waals surface area contributed by atoms with Crippen molar-refractivity contribution in [3.05, 3.63) is 47.0 Å². The molecule has 1 aromatic carbocycles. The Kier molecular flexibility index (Phi) is 4.67. The van der Waals surface area contributed by atoms with Gasteiger partial charge in [-0.15, -0.1) is 0 Å². The van der Waals surface area contributed by atoms with Crippen molar-refractivity contribution in [3.8, 4) is 11.8 Å². The molecule has 31 heavy (non-hydrogen) atoms. The second kappa shape index (κ2) is 7.27. The summed E-state index contributed by atoms with van der Waals surface area (Å²) >= 11 is 0. The normalized spacial score (nSPS) is 25.7. The molecule has 0 N–H and O–H groups in total. The van der Waals surface area contributed by atoms with Gasteiger partial charge < -0.3 is 14.2 Å². The zero-order valence-electron chi connectivity index (χ0n) is 17.6. The predicted octanol–water partition coefficient (Wildman–Crippen LogP) is 2.74. The summed E-state index contributed by atoms with van der Waals surface area (Å²) in [6.07, 6.45) is 7.30. The maximum Gasteiger partial charge on any atom is 0.185 e. The van der Waals surface area contributed by atoms with E-state index < -0.39 is 17.0 Å². The fourth-order valence-electron chi connectivity index (χ4n) is 5.08. The van der Waals surface area contributed by atoms with Gasteiger partial charge in [0.1, 0.15) is 6.67 Å². The first-order chi connectivity index (χ1) is 14.9. The lowest BCUT2D eigenvalue weighted by molar-refractivity contribution is -0.0433. The minimum absolute atomic E-state index is 0.0203. The van der Waals surface area contributed by atoms with Gasteiger partial charge in [0, 0.05) is 38.4 Å². The Morgan fingerprint density at radius 3 is 2.65 bits per heavy atom. The van der Waals surface area contributed by atoms with E-state index in [1.807, 2.05) is 31.2 Å². The molecule has 5 rings (SSSR count). The quantitative estimate of drug-likeness (QED) is 0.613. The highest BCUT2D eigenvalue weighted by Crippen LogP contribution is 2.46. The predicted molar refractivity (Wildman–Crippen MR) is 115 cm³/mol. The van der Waals surface area contributed by atoms with Crippen LogP contribution in [0.1, 0.15) is 30.8 Å². The molecule has 8 heteroatoms. The van der Waals surface area contributed by atoms with Gasteiger partial charge in [-0.25, -0.2) is 13.8 Å². The third-order valence-electron chi connectivity index (χ3n) is 6.23. The van der Waals surface area contributed by atoms with Gasteiger partial charge in [-0.05, 0) is 37.8 Å². The number of imidazole rings is 1. The topological polar surface area (TPSA) is 55.0 Å². The number of morpholine rings is 1. The van der Waals surface area contributed by atoms with Crippen LogP contribution in [0.15, 0.2) is 28.4 Å². The minimum Gasteiger partial charge on any atom is -0.372 e. The van der Waals surface area contributed by atoms with Crippen molar-refractivity contribution >= 4 is 18.1 Å². The summed E-state index contributed by atoms with van der Waals surface area (Å²) in [5.74, 6) is 4.28. The number of aromatic nitrogens is 2. The molecule has 0 saturated carbocycles. The van der Waals surface area contributed by atoms with Crippen LogP contribution >= 0.6 is 0 Å². The number of ether oxygens (including phenoxy) is 1. The molecule has 0 aliphatic carbocycles. The molecule has 0 radical (unpaired) electrons. The van der Waals surface area contributed by atoms with Crippen molar-refractivity contribution in [2.24, 2.45) is 22.4 Å². The molecular formula is C23H23F2N5O. The Bertz CT molecular complexity index is 1150. The molecule has 3 atom stereocenters. The Labute approximate surface area is 179 Å². The van der Waals surface area contributed by atoms with Gasteiger partial charge in [0.15, 0.2) is 17.5 Å². The van der Waals surface area contributed by atoms with Crippen LogP contribution in [0.2, 0.25) is 0 Å². The first-order valence-corrected chi connectivity index (χ1v) is 10.3. The summed E-state index contributed by atoms with van der Waals surface area (Å²) in [5, 5.41) is 0. The van der Waals surface area contributed by atoms with E-state index in [1.54, 1.807) is 30.1 Å². The maximum absolute atomic E-state index is 15.5. The Morgan fingerprint density at radius 1 is 1.16 bits per heavy atom. The molecule has 160 valence electrons. The number of hydrogen-bond acceptors (Lipinski definition) is 5. The molecule has 1 saturated heterocycles. The molecular weight excluding hydrogens is 400 g/mol. The zero-order chi connectivity index (χ0) is 21.8. The van der Waals surface area contributed by atoms with Gasteiger partial charge in [-0.3, -0.25) is 9.98 Å². The summed E-state index contributed by atoms with van der Waals surface area (Å²) in [6, 6.07) is 1.44. The first kappa shape index (κ1) is 19.9. The summed E-state index contributed by atoms with van der Waals surface area (Å²) in [4.78, 5) is 14.9. The highest BCUT2D eigenvalue weighted by Gasteiger charge is 2.52. The van der Waals surface area contributed by atoms with Crippen LogP contribution in [0, 0.1) is 28.9 Å². The number of hydrogen-bond donors (Lipinski definition) is 0. The highest BCUT2D eigenvalue weighted by molar-refractivity contribution is 5.94. The number of anilines is 1. The lowest BCUT2D eigenvalue weighted by Crippen LogP contribution is -2.65. The largest absolute Gasteiger partial charge is 0.372 e. The summed E-state index contributed by atoms with van der Waals surface area (Å²) in [5.41, 5.74) is 0.469. The minimum atomic E-state index is -0.937. The SMILES string of the molecule is C[C@@H]1CN2c3c(cc(C#Cc4nccn4C)c(F)c3F)CC3(C=NCN=C3)[C@H]2[C@H](C)O1. The molecule has 3 aliphatic heterocycles. The number of aryl methyl sites for hydroxylation is 1. The summed E-state index contributed by atoms with van der Waals surface area (Å²) in [6.45, 7) is 4.75. The van der Waals surface area contributed by atoms with E-state index in [0.717, 1.165) is 0 Å². The van der Waals surface area contributed by atoms with Crippen LogP contribution in [0.3, 0.4) is 0 Å². The van der Waals surface area contributed by atoms with Gasteiger partial charge in [0.05, 0.1) is 34.9 Å². The first-order valence-electron chi connectivity index (χ1n) is 10.3. The van der Waals surface area contributed by atoms with Gasteiger partial charge in [0.2, 0.25) is 0 Å². The lowest BCUT2D eigenvalue weighted by atomic mass is 9.69. The van der Waals surface area contributed by atoms with Crippen molar-refractivity contribution in [2.75, 3.05) is 18.1 Å². The third kappa shape index (κ3) is 3.15. The Balaban J connectivity index is 1.66. The van der Waals surface area contributed by atoms with Crippen LogP contribution in [-0.2, 0) is 18.2 Å². The van der Waals surface area contributed by atoms with Crippen LogP contribution in [-0.4, -0.2) is 53.4 Å². The fraction of sp³-hybridized carbons (Fsp3) is 0.435. The van der Waals surface area contributed by atoms with E-state index in [-0.39, 0.29) is 23.8 Å². The van der Waals surface area contributed by atoms with Crippen LogP contribution < -0.4 is 4.90 Å². The molecule has 6 nitrogen and oxygen atoms in total. The van der Waals surface area contributed by atoms with Crippen molar-refractivity contribution in [3.63, 3.8) is 0 Å². The monoisotopic (exact) mass is 423 g/mol. The second-order valence-corrected chi connectivity index (χ2v) is 8.47. The van der Waals surface area contributed by atoms with E-state index in [2.05, 4.69) is 26.8 Å². The molecule has 3 aliphatic rings. The second-order valence-electron chi connectivity index (χ2n) is 8.47. The standard InChI is InChI=1S/C23H23F2N5O/c1-14-10-30-21-17(9-23(11-26-13-27-12-23)22(30)15(2)31-14)8-16(19(24)20(21)25)4-5-18-28-6-7-29(18)3/h6-8,11-12,14-15,22H,9-10,13H2,1-3H3/t14-,15+,22-/m1/s1. The number of fused-ring (bicyclic) bond motifs is 4. The Morgan fingerprint density at radius 2 is 1.94 bits per heavy atom. The van der Waals surface area contributed by atoms with Crippen molar-refractivity contribution in [1.82, 2.24) is 9.55 Å². The number of halogens is 2. The van der Waals surface area contributed by atoms with E-state index in [9.17, 15) is 0 Å². The molecule has 2 aromatic rings. The Hall–Kier alpha value is -3.05. The molecule has 4 heterocycles. The number of rotatable bonds is 0. The van der Waals surface area contributed by atoms with Crippen LogP contribution in [0.25, 0.3) is 0 Å². The van der Waals surface area contributed by atoms with E-state index >= 15 is 8.78 Å². The molecule has 0 unspecified atom stereocenters. The number of aliphatic imine (C=N–C) groups is 2. The fourth-order valence-corrected chi connectivity index (χ4v) is 5.08. The average molecular weight is 423 g/mol. The maximum atomic E-state index is 15.5. The van der Waals surface area contributed by atoms with E-state index in [0.29, 0.717) is 36.7 Å². The van der Waals surface area contributed by atoms with Gasteiger partial charge in [-0.1, -0.05) is 5.92 Å². The number of nitrogens with zero attached hydrogens (tertiary/aromatic N) is 5. The van der Waals surface area contributed by atoms with Crippen LogP contribution in [0.4, 0.5) is 14.5 Å². The molecule has 1 aromatic heterocycles. The van der Waals surface area contributed by atoms with Gasteiger partial charge in [0.25, 0.3) is 0 Å². The number of benzene rings is 1. The van der Waals surface area contributed by atoms with Crippen molar-refractivity contribution < 1.29 is 13.5 Å². The lowest BCUT2D eigenvalue weighted by Gasteiger charge is -2.54. The smallest absolute Gasteiger partial charge is 0.185 e. The molecule has 1 fully saturated rings. The van der Waals surface area contributed by atoms with E-state index in [1.165, 1.54) is 0 Å². The molecule has 0 bridgehead atoms. The highest BCUT2D eigenvalue weighted by atomic mass is 19.2. The zero-order valence-corrected chi connectivity index (χ0v) is 17.6. The average Bonchev–Trinajstić information content (AvgIpc) is 3.14. The van der Waals surface area contributed by atoms with Gasteiger partial charge in [-0.2, -0.15) is 0 Å². The third-order valence-corrected chi connectivity index (χ3v) is 6.23. The van der Waals surface area contributed by atoms with Gasteiger partial charge >= 0.3 is 0 Å². The van der Waals surface area contributed by atoms with E-state index in [4.69, 9.17) is 4.74 Å². The van der Waals surface area contributed by atoms with Crippen molar-refractivity contribution in [1.29, 1.82) is 0 Å². The summed E-state index contributed by atoms with van der Waals surface area (Å²) < 4.78 is 38.3.